The molecule has 0 aromatic carbocycles. The molecular weight excluding hydrogens is 388 g/mol. The molecule has 2 aliphatic heterocycles. The minimum atomic E-state index is -0.448. The molecule has 6 rings (SSSR count). The van der Waals surface area contributed by atoms with Crippen molar-refractivity contribution in [2.45, 2.75) is 103 Å². The SMILES string of the molecule is C[C@@H]1CC[C@]2(OC1)O[C@@H]1C[C@@H]3[C@H]4CC[C@H]5C[C@@H](O)CC[C@]5(C)[C@@H]4CC(=O)[C@]3(C)[C@@H]1[C@H]2C. The molecule has 0 aromatic heterocycles. The number of ketones is 1. The molecule has 2 saturated heterocycles. The minimum Gasteiger partial charge on any atom is -0.393 e. The molecule has 2 heterocycles. The van der Waals surface area contributed by atoms with Crippen LogP contribution in [0.3, 0.4) is 0 Å². The molecule has 12 atom stereocenters. The van der Waals surface area contributed by atoms with E-state index in [0.29, 0.717) is 41.3 Å². The third-order valence-electron chi connectivity index (χ3n) is 11.8. The van der Waals surface area contributed by atoms with Crippen LogP contribution in [0.1, 0.15) is 85.5 Å². The van der Waals surface area contributed by atoms with Crippen LogP contribution in [0.25, 0.3) is 0 Å². The van der Waals surface area contributed by atoms with Crippen molar-refractivity contribution in [2.24, 2.45) is 52.3 Å². The Balaban J connectivity index is 1.30. The highest BCUT2D eigenvalue weighted by Gasteiger charge is 2.71. The molecule has 0 bridgehead atoms. The van der Waals surface area contributed by atoms with Gasteiger partial charge >= 0.3 is 0 Å². The largest absolute Gasteiger partial charge is 0.393 e. The Kier molecular flexibility index (Phi) is 4.62. The van der Waals surface area contributed by atoms with E-state index in [1.54, 1.807) is 0 Å². The molecular formula is C27H42O4. The molecule has 4 nitrogen and oxygen atoms in total. The lowest BCUT2D eigenvalue weighted by atomic mass is 9.44. The maximum Gasteiger partial charge on any atom is 0.171 e. The molecule has 4 heteroatoms. The van der Waals surface area contributed by atoms with Crippen molar-refractivity contribution >= 4 is 5.78 Å². The van der Waals surface area contributed by atoms with Gasteiger partial charge in [-0.05, 0) is 80.0 Å². The number of rotatable bonds is 0. The van der Waals surface area contributed by atoms with E-state index in [2.05, 4.69) is 27.7 Å². The number of Topliss-reactive ketones (excluding diaryl/α,β-unsaturated/α-hetero) is 1. The van der Waals surface area contributed by atoms with Gasteiger partial charge < -0.3 is 14.6 Å². The fourth-order valence-corrected chi connectivity index (χ4v) is 9.93. The lowest BCUT2D eigenvalue weighted by molar-refractivity contribution is -0.272. The standard InChI is InChI=1S/C27H42O4/c1-15-7-10-27(30-14-15)16(2)24-22(31-27)12-21-19-6-5-17-11-18(28)8-9-25(17,3)20(19)13-23(29)26(21,24)4/h15-22,24,28H,5-14H2,1-4H3/t15-,16-,17+,18+,19+,20-,21-,22-,24-,25+,26-,27+/m1/s1. The summed E-state index contributed by atoms with van der Waals surface area (Å²) in [6, 6.07) is 0. The van der Waals surface area contributed by atoms with Crippen molar-refractivity contribution in [1.29, 1.82) is 0 Å². The van der Waals surface area contributed by atoms with Crippen molar-refractivity contribution in [1.82, 2.24) is 0 Å². The van der Waals surface area contributed by atoms with E-state index in [1.807, 2.05) is 0 Å². The first-order valence-corrected chi connectivity index (χ1v) is 13.2. The predicted molar refractivity (Wildman–Crippen MR) is 118 cm³/mol. The van der Waals surface area contributed by atoms with Crippen molar-refractivity contribution in [2.75, 3.05) is 6.61 Å². The van der Waals surface area contributed by atoms with Crippen molar-refractivity contribution in [3.8, 4) is 0 Å². The number of aliphatic hydroxyl groups is 1. The Hall–Kier alpha value is -0.450. The number of aliphatic hydroxyl groups excluding tert-OH is 1. The molecule has 0 unspecified atom stereocenters. The van der Waals surface area contributed by atoms with E-state index in [0.717, 1.165) is 51.6 Å². The molecule has 0 amide bonds. The zero-order valence-corrected chi connectivity index (χ0v) is 19.9. The summed E-state index contributed by atoms with van der Waals surface area (Å²) in [5, 5.41) is 10.3. The summed E-state index contributed by atoms with van der Waals surface area (Å²) >= 11 is 0. The Morgan fingerprint density at radius 2 is 1.81 bits per heavy atom. The maximum absolute atomic E-state index is 14.0. The highest BCUT2D eigenvalue weighted by molar-refractivity contribution is 5.87. The van der Waals surface area contributed by atoms with Crippen LogP contribution in [0.4, 0.5) is 0 Å². The molecule has 6 fully saturated rings. The lowest BCUT2D eigenvalue weighted by Gasteiger charge is -2.60. The van der Waals surface area contributed by atoms with E-state index in [-0.39, 0.29) is 29.0 Å². The maximum atomic E-state index is 14.0. The zero-order valence-electron chi connectivity index (χ0n) is 19.9. The first-order valence-electron chi connectivity index (χ1n) is 13.2. The van der Waals surface area contributed by atoms with Gasteiger partial charge in [0, 0.05) is 30.1 Å². The molecule has 174 valence electrons. The molecule has 4 aliphatic carbocycles. The van der Waals surface area contributed by atoms with Crippen LogP contribution < -0.4 is 0 Å². The summed E-state index contributed by atoms with van der Waals surface area (Å²) in [6.07, 6.45) is 9.39. The number of hydrogen-bond donors (Lipinski definition) is 1. The summed E-state index contributed by atoms with van der Waals surface area (Å²) in [5.41, 5.74) is -0.0221. The fourth-order valence-electron chi connectivity index (χ4n) is 9.93. The van der Waals surface area contributed by atoms with Crippen LogP contribution in [-0.4, -0.2) is 35.5 Å². The second-order valence-electron chi connectivity index (χ2n) is 13.0. The summed E-state index contributed by atoms with van der Waals surface area (Å²) in [6.45, 7) is 10.1. The third kappa shape index (κ3) is 2.68. The van der Waals surface area contributed by atoms with E-state index < -0.39 is 5.79 Å². The summed E-state index contributed by atoms with van der Waals surface area (Å²) in [4.78, 5) is 14.0. The molecule has 4 saturated carbocycles. The number of ether oxygens (including phenoxy) is 2. The second kappa shape index (κ2) is 6.79. The van der Waals surface area contributed by atoms with Gasteiger partial charge in [-0.2, -0.15) is 0 Å². The predicted octanol–water partition coefficient (Wildman–Crippen LogP) is 4.97. The summed E-state index contributed by atoms with van der Waals surface area (Å²) in [5.74, 6) is 3.45. The molecule has 6 aliphatic rings. The smallest absolute Gasteiger partial charge is 0.171 e. The molecule has 0 aromatic rings. The van der Waals surface area contributed by atoms with Gasteiger partial charge in [-0.1, -0.05) is 27.7 Å². The Morgan fingerprint density at radius 1 is 1.00 bits per heavy atom. The lowest BCUT2D eigenvalue weighted by Crippen LogP contribution is -2.58. The first kappa shape index (κ1) is 21.1. The van der Waals surface area contributed by atoms with Crippen molar-refractivity contribution < 1.29 is 19.4 Å². The van der Waals surface area contributed by atoms with E-state index in [9.17, 15) is 9.90 Å². The van der Waals surface area contributed by atoms with Crippen LogP contribution in [0.2, 0.25) is 0 Å². The summed E-state index contributed by atoms with van der Waals surface area (Å²) in [7, 11) is 0. The van der Waals surface area contributed by atoms with Crippen LogP contribution in [-0.2, 0) is 14.3 Å². The molecule has 0 radical (unpaired) electrons. The first-order chi connectivity index (χ1) is 14.7. The minimum absolute atomic E-state index is 0.131. The average Bonchev–Trinajstić information content (AvgIpc) is 3.18. The van der Waals surface area contributed by atoms with E-state index in [4.69, 9.17) is 9.47 Å². The highest BCUT2D eigenvalue weighted by Crippen LogP contribution is 2.70. The van der Waals surface area contributed by atoms with Crippen LogP contribution in [0, 0.1) is 52.3 Å². The number of fused-ring (bicyclic) bond motifs is 7. The van der Waals surface area contributed by atoms with Gasteiger partial charge in [-0.3, -0.25) is 4.79 Å². The van der Waals surface area contributed by atoms with Crippen LogP contribution in [0.15, 0.2) is 0 Å². The van der Waals surface area contributed by atoms with Gasteiger partial charge in [0.1, 0.15) is 5.78 Å². The van der Waals surface area contributed by atoms with Gasteiger partial charge in [-0.25, -0.2) is 0 Å². The van der Waals surface area contributed by atoms with Gasteiger partial charge in [0.25, 0.3) is 0 Å². The Labute approximate surface area is 187 Å². The fraction of sp³-hybridized carbons (Fsp3) is 0.963. The molecule has 31 heavy (non-hydrogen) atoms. The summed E-state index contributed by atoms with van der Waals surface area (Å²) < 4.78 is 13.2. The van der Waals surface area contributed by atoms with Gasteiger partial charge in [0.05, 0.1) is 18.8 Å². The normalized spacial score (nSPS) is 60.9. The van der Waals surface area contributed by atoms with Crippen LogP contribution in [0.5, 0.6) is 0 Å². The topological polar surface area (TPSA) is 55.8 Å². The van der Waals surface area contributed by atoms with E-state index in [1.165, 1.54) is 12.8 Å². The highest BCUT2D eigenvalue weighted by atomic mass is 16.7. The van der Waals surface area contributed by atoms with Gasteiger partial charge in [-0.15, -0.1) is 0 Å². The van der Waals surface area contributed by atoms with Gasteiger partial charge in [0.2, 0.25) is 0 Å². The Bertz CT molecular complexity index is 756. The second-order valence-corrected chi connectivity index (χ2v) is 13.0. The third-order valence-corrected chi connectivity index (χ3v) is 11.8. The molecule has 1 N–H and O–H groups in total. The zero-order chi connectivity index (χ0) is 21.8. The monoisotopic (exact) mass is 430 g/mol. The molecule has 1 spiro atoms. The van der Waals surface area contributed by atoms with E-state index >= 15 is 0 Å². The Morgan fingerprint density at radius 3 is 2.55 bits per heavy atom. The number of carbonyl (C=O) groups is 1. The van der Waals surface area contributed by atoms with Crippen molar-refractivity contribution in [3.63, 3.8) is 0 Å². The number of carbonyl (C=O) groups excluding carboxylic acids is 1. The van der Waals surface area contributed by atoms with Gasteiger partial charge in [0.15, 0.2) is 5.79 Å². The quantitative estimate of drug-likeness (QED) is 0.589. The van der Waals surface area contributed by atoms with Crippen LogP contribution >= 0.6 is 0 Å². The number of hydrogen-bond acceptors (Lipinski definition) is 4. The van der Waals surface area contributed by atoms with Crippen molar-refractivity contribution in [3.05, 3.63) is 0 Å². The average molecular weight is 431 g/mol.